The zero-order valence-electron chi connectivity index (χ0n) is 15.9. The van der Waals surface area contributed by atoms with Gasteiger partial charge in [-0.05, 0) is 46.7 Å². The summed E-state index contributed by atoms with van der Waals surface area (Å²) in [5.41, 5.74) is 0.155. The highest BCUT2D eigenvalue weighted by atomic mass is 16.5. The second kappa shape index (κ2) is 9.52. The first kappa shape index (κ1) is 20.2. The van der Waals surface area contributed by atoms with Gasteiger partial charge in [-0.15, -0.1) is 0 Å². The molecule has 0 bridgehead atoms. The molecule has 1 aliphatic rings. The number of rotatable bonds is 6. The molecule has 1 aliphatic heterocycles. The van der Waals surface area contributed by atoms with Crippen molar-refractivity contribution in [3.63, 3.8) is 0 Å². The van der Waals surface area contributed by atoms with Crippen LogP contribution in [0.4, 0.5) is 5.88 Å². The summed E-state index contributed by atoms with van der Waals surface area (Å²) in [6.07, 6.45) is 5.78. The van der Waals surface area contributed by atoms with Gasteiger partial charge in [0, 0.05) is 0 Å². The van der Waals surface area contributed by atoms with Gasteiger partial charge in [0.1, 0.15) is 11.3 Å². The Kier molecular flexibility index (Phi) is 7.38. The fraction of sp³-hybridized carbons (Fsp3) is 0.632. The van der Waals surface area contributed by atoms with Crippen LogP contribution in [0.3, 0.4) is 0 Å². The van der Waals surface area contributed by atoms with Crippen molar-refractivity contribution in [3.8, 4) is 0 Å². The molecule has 0 spiro atoms. The minimum atomic E-state index is -0.670. The van der Waals surface area contributed by atoms with Gasteiger partial charge in [-0.2, -0.15) is 0 Å². The van der Waals surface area contributed by atoms with Crippen molar-refractivity contribution in [2.24, 2.45) is 0 Å². The molecule has 0 unspecified atom stereocenters. The molecule has 1 aromatic rings. The van der Waals surface area contributed by atoms with Crippen LogP contribution < -0.4 is 5.32 Å². The summed E-state index contributed by atoms with van der Waals surface area (Å²) >= 11 is 0. The maximum Gasteiger partial charge on any atom is 0.344 e. The summed E-state index contributed by atoms with van der Waals surface area (Å²) in [4.78, 5) is 38.7. The number of ketones is 1. The number of hydrogen-bond donors (Lipinski definition) is 1. The molecule has 1 amide bonds. The number of nitrogens with zero attached hydrogens (tertiary/aromatic N) is 1. The molecule has 1 N–H and O–H groups in total. The Balaban J connectivity index is 2.14. The van der Waals surface area contributed by atoms with Crippen LogP contribution in [0, 0.1) is 6.92 Å². The number of furan rings is 1. The molecule has 0 aliphatic carbocycles. The lowest BCUT2D eigenvalue weighted by Gasteiger charge is -2.23. The molecule has 7 heteroatoms. The summed E-state index contributed by atoms with van der Waals surface area (Å²) in [5, 5.41) is 2.65. The Labute approximate surface area is 154 Å². The van der Waals surface area contributed by atoms with Gasteiger partial charge < -0.3 is 9.15 Å². The maximum absolute atomic E-state index is 12.5. The standard InChI is InChI=1S/C19H28N2O5/c1-4-25-19(24)17-16(13(2)22)14(3)26-18(17)20-15(23)12-21-10-8-6-5-7-9-11-21/h4-12H2,1-3H3,(H,20,23). The van der Waals surface area contributed by atoms with Crippen LogP contribution in [-0.4, -0.2) is 48.8 Å². The van der Waals surface area contributed by atoms with E-state index in [0.29, 0.717) is 5.76 Å². The summed E-state index contributed by atoms with van der Waals surface area (Å²) in [7, 11) is 0. The van der Waals surface area contributed by atoms with E-state index in [2.05, 4.69) is 10.2 Å². The molecule has 1 saturated heterocycles. The number of aryl methyl sites for hydroxylation is 1. The van der Waals surface area contributed by atoms with E-state index in [9.17, 15) is 14.4 Å². The Morgan fingerprint density at radius 2 is 1.69 bits per heavy atom. The van der Waals surface area contributed by atoms with Crippen molar-refractivity contribution >= 4 is 23.5 Å². The second-order valence-electron chi connectivity index (χ2n) is 6.61. The van der Waals surface area contributed by atoms with E-state index in [1.807, 2.05) is 0 Å². The molecular formula is C19H28N2O5. The average molecular weight is 364 g/mol. The highest BCUT2D eigenvalue weighted by Crippen LogP contribution is 2.28. The number of nitrogens with one attached hydrogen (secondary N) is 1. The van der Waals surface area contributed by atoms with Crippen molar-refractivity contribution in [2.45, 2.75) is 52.9 Å². The van der Waals surface area contributed by atoms with Crippen LogP contribution in [-0.2, 0) is 9.53 Å². The number of ether oxygens (including phenoxy) is 1. The Morgan fingerprint density at radius 3 is 2.27 bits per heavy atom. The third-order valence-electron chi connectivity index (χ3n) is 4.48. The third-order valence-corrected chi connectivity index (χ3v) is 4.48. The fourth-order valence-electron chi connectivity index (χ4n) is 3.29. The van der Waals surface area contributed by atoms with Gasteiger partial charge in [0.05, 0.1) is 18.7 Å². The van der Waals surface area contributed by atoms with Gasteiger partial charge >= 0.3 is 5.97 Å². The van der Waals surface area contributed by atoms with Crippen LogP contribution in [0.25, 0.3) is 0 Å². The largest absolute Gasteiger partial charge is 0.462 e. The smallest absolute Gasteiger partial charge is 0.344 e. The van der Waals surface area contributed by atoms with Crippen molar-refractivity contribution in [1.29, 1.82) is 0 Å². The zero-order chi connectivity index (χ0) is 19.1. The Morgan fingerprint density at radius 1 is 1.08 bits per heavy atom. The number of carbonyl (C=O) groups is 3. The number of anilines is 1. The molecule has 7 nitrogen and oxygen atoms in total. The van der Waals surface area contributed by atoms with Crippen molar-refractivity contribution < 1.29 is 23.5 Å². The molecule has 1 fully saturated rings. The molecular weight excluding hydrogens is 336 g/mol. The highest BCUT2D eigenvalue weighted by molar-refractivity contribution is 6.10. The molecule has 2 rings (SSSR count). The SMILES string of the molecule is CCOC(=O)c1c(NC(=O)CN2CCCCCCC2)oc(C)c1C(C)=O. The molecule has 0 radical (unpaired) electrons. The van der Waals surface area contributed by atoms with Crippen LogP contribution >= 0.6 is 0 Å². The van der Waals surface area contributed by atoms with Gasteiger partial charge in [-0.1, -0.05) is 19.3 Å². The number of likely N-dealkylation sites (tertiary alicyclic amines) is 1. The summed E-state index contributed by atoms with van der Waals surface area (Å²) in [6.45, 7) is 6.79. The first-order valence-corrected chi connectivity index (χ1v) is 9.27. The molecule has 0 saturated carbocycles. The quantitative estimate of drug-likeness (QED) is 0.616. The third kappa shape index (κ3) is 5.17. The molecule has 144 valence electrons. The molecule has 0 aromatic carbocycles. The minimum absolute atomic E-state index is 0.00198. The van der Waals surface area contributed by atoms with E-state index in [-0.39, 0.29) is 41.9 Å². The predicted molar refractivity (Wildman–Crippen MR) is 97.6 cm³/mol. The van der Waals surface area contributed by atoms with Gasteiger partial charge in [0.25, 0.3) is 0 Å². The normalized spacial score (nSPS) is 15.8. The van der Waals surface area contributed by atoms with E-state index < -0.39 is 5.97 Å². The average Bonchev–Trinajstić information content (AvgIpc) is 2.86. The first-order chi connectivity index (χ1) is 12.4. The highest BCUT2D eigenvalue weighted by Gasteiger charge is 2.29. The van der Waals surface area contributed by atoms with Gasteiger partial charge in [0.2, 0.25) is 11.8 Å². The summed E-state index contributed by atoms with van der Waals surface area (Å²) in [6, 6.07) is 0. The lowest BCUT2D eigenvalue weighted by molar-refractivity contribution is -0.117. The molecule has 26 heavy (non-hydrogen) atoms. The van der Waals surface area contributed by atoms with E-state index in [0.717, 1.165) is 25.9 Å². The number of Topliss-reactive ketones (excluding diaryl/α,β-unsaturated/α-hetero) is 1. The fourth-order valence-corrected chi connectivity index (χ4v) is 3.29. The Hall–Kier alpha value is -2.15. The van der Waals surface area contributed by atoms with E-state index in [4.69, 9.17) is 9.15 Å². The summed E-state index contributed by atoms with van der Waals surface area (Å²) < 4.78 is 10.5. The first-order valence-electron chi connectivity index (χ1n) is 9.27. The van der Waals surface area contributed by atoms with E-state index in [1.54, 1.807) is 13.8 Å². The number of hydrogen-bond acceptors (Lipinski definition) is 6. The lowest BCUT2D eigenvalue weighted by atomic mass is 10.1. The molecule has 2 heterocycles. The topological polar surface area (TPSA) is 88.8 Å². The van der Waals surface area contributed by atoms with Gasteiger partial charge in [-0.25, -0.2) is 4.79 Å². The summed E-state index contributed by atoms with van der Waals surface area (Å²) in [5.74, 6) is -0.958. The number of amides is 1. The molecule has 1 aromatic heterocycles. The van der Waals surface area contributed by atoms with Crippen LogP contribution in [0.1, 0.15) is 72.4 Å². The minimum Gasteiger partial charge on any atom is -0.462 e. The van der Waals surface area contributed by atoms with Gasteiger partial charge in [-0.3, -0.25) is 19.8 Å². The predicted octanol–water partition coefficient (Wildman–Crippen LogP) is 3.17. The van der Waals surface area contributed by atoms with E-state index >= 15 is 0 Å². The van der Waals surface area contributed by atoms with Crippen LogP contribution in [0.2, 0.25) is 0 Å². The maximum atomic E-state index is 12.5. The van der Waals surface area contributed by atoms with Crippen molar-refractivity contribution in [1.82, 2.24) is 4.90 Å². The van der Waals surface area contributed by atoms with Crippen molar-refractivity contribution in [2.75, 3.05) is 31.6 Å². The number of carbonyl (C=O) groups excluding carboxylic acids is 3. The van der Waals surface area contributed by atoms with E-state index in [1.165, 1.54) is 26.2 Å². The van der Waals surface area contributed by atoms with Crippen LogP contribution in [0.15, 0.2) is 4.42 Å². The molecule has 0 atom stereocenters. The lowest BCUT2D eigenvalue weighted by Crippen LogP contribution is -2.35. The monoisotopic (exact) mass is 364 g/mol. The number of esters is 1. The van der Waals surface area contributed by atoms with Gasteiger partial charge in [0.15, 0.2) is 5.78 Å². The van der Waals surface area contributed by atoms with Crippen LogP contribution in [0.5, 0.6) is 0 Å². The zero-order valence-corrected chi connectivity index (χ0v) is 15.9. The van der Waals surface area contributed by atoms with Crippen molar-refractivity contribution in [3.05, 3.63) is 16.9 Å². The second-order valence-corrected chi connectivity index (χ2v) is 6.61. The Bertz CT molecular complexity index is 657.